The van der Waals surface area contributed by atoms with Crippen LogP contribution in [0.25, 0.3) is 0 Å². The van der Waals surface area contributed by atoms with E-state index >= 15 is 0 Å². The molecule has 25 heavy (non-hydrogen) atoms. The highest BCUT2D eigenvalue weighted by Crippen LogP contribution is 2.33. The Bertz CT molecular complexity index is 772. The Balaban J connectivity index is 1.78. The van der Waals surface area contributed by atoms with Gasteiger partial charge in [-0.25, -0.2) is 4.39 Å². The molecular formula is C18H15F4NO2. The van der Waals surface area contributed by atoms with Crippen LogP contribution >= 0.6 is 0 Å². The topological polar surface area (TPSA) is 29.5 Å². The number of alkyl halides is 3. The number of fused-ring (bicyclic) bond motifs is 1. The van der Waals surface area contributed by atoms with E-state index < -0.39 is 6.36 Å². The van der Waals surface area contributed by atoms with Gasteiger partial charge in [0.1, 0.15) is 11.6 Å². The SMILES string of the molecule is O=C(Cc1ccc(F)cc1)N1CCCc2cc(OC(F)(F)F)ccc21. The first kappa shape index (κ1) is 17.3. The summed E-state index contributed by atoms with van der Waals surface area (Å²) in [6, 6.07) is 9.64. The van der Waals surface area contributed by atoms with Gasteiger partial charge in [0.15, 0.2) is 0 Å². The van der Waals surface area contributed by atoms with Crippen LogP contribution in [0.15, 0.2) is 42.5 Å². The molecule has 0 saturated heterocycles. The van der Waals surface area contributed by atoms with Crippen LogP contribution in [-0.2, 0) is 17.6 Å². The number of amides is 1. The Kier molecular flexibility index (Phi) is 4.65. The summed E-state index contributed by atoms with van der Waals surface area (Å²) in [5, 5.41) is 0. The van der Waals surface area contributed by atoms with Crippen molar-refractivity contribution in [3.8, 4) is 5.75 Å². The summed E-state index contributed by atoms with van der Waals surface area (Å²) in [5.41, 5.74) is 1.91. The van der Waals surface area contributed by atoms with E-state index in [4.69, 9.17) is 0 Å². The van der Waals surface area contributed by atoms with E-state index in [1.54, 1.807) is 17.0 Å². The fourth-order valence-corrected chi connectivity index (χ4v) is 2.90. The van der Waals surface area contributed by atoms with Crippen molar-refractivity contribution in [3.63, 3.8) is 0 Å². The zero-order valence-corrected chi connectivity index (χ0v) is 13.1. The number of nitrogens with zero attached hydrogens (tertiary/aromatic N) is 1. The fourth-order valence-electron chi connectivity index (χ4n) is 2.90. The van der Waals surface area contributed by atoms with Gasteiger partial charge in [-0.1, -0.05) is 12.1 Å². The largest absolute Gasteiger partial charge is 0.573 e. The van der Waals surface area contributed by atoms with Crippen molar-refractivity contribution < 1.29 is 27.1 Å². The Morgan fingerprint density at radius 2 is 1.84 bits per heavy atom. The molecule has 2 aromatic carbocycles. The number of hydrogen-bond donors (Lipinski definition) is 0. The second kappa shape index (κ2) is 6.74. The summed E-state index contributed by atoms with van der Waals surface area (Å²) in [6.07, 6.45) is -3.43. The summed E-state index contributed by atoms with van der Waals surface area (Å²) >= 11 is 0. The molecule has 0 aliphatic carbocycles. The van der Waals surface area contributed by atoms with Crippen molar-refractivity contribution in [2.45, 2.75) is 25.6 Å². The normalized spacial score (nSPS) is 14.2. The quantitative estimate of drug-likeness (QED) is 0.772. The Morgan fingerprint density at radius 1 is 1.12 bits per heavy atom. The number of benzene rings is 2. The predicted octanol–water partition coefficient (Wildman–Crippen LogP) is 4.25. The summed E-state index contributed by atoms with van der Waals surface area (Å²) in [7, 11) is 0. The number of ether oxygens (including phenoxy) is 1. The van der Waals surface area contributed by atoms with E-state index in [0.29, 0.717) is 36.2 Å². The van der Waals surface area contributed by atoms with Gasteiger partial charge in [0, 0.05) is 12.2 Å². The molecule has 1 amide bonds. The van der Waals surface area contributed by atoms with Crippen LogP contribution in [0.4, 0.5) is 23.2 Å². The molecule has 132 valence electrons. The van der Waals surface area contributed by atoms with Gasteiger partial charge in [0.05, 0.1) is 6.42 Å². The van der Waals surface area contributed by atoms with Crippen LogP contribution in [0, 0.1) is 5.82 Å². The smallest absolute Gasteiger partial charge is 0.406 e. The van der Waals surface area contributed by atoms with Gasteiger partial charge < -0.3 is 9.64 Å². The van der Waals surface area contributed by atoms with Gasteiger partial charge in [-0.2, -0.15) is 0 Å². The molecule has 3 rings (SSSR count). The average Bonchev–Trinajstić information content (AvgIpc) is 2.54. The lowest BCUT2D eigenvalue weighted by Crippen LogP contribution is -2.36. The van der Waals surface area contributed by atoms with Crippen LogP contribution in [0.3, 0.4) is 0 Å². The third-order valence-electron chi connectivity index (χ3n) is 3.97. The van der Waals surface area contributed by atoms with Crippen molar-refractivity contribution in [1.82, 2.24) is 0 Å². The molecule has 0 saturated carbocycles. The first-order chi connectivity index (χ1) is 11.8. The number of halogens is 4. The number of carbonyl (C=O) groups excluding carboxylic acids is 1. The second-order valence-electron chi connectivity index (χ2n) is 5.79. The maximum Gasteiger partial charge on any atom is 0.573 e. The number of hydrogen-bond acceptors (Lipinski definition) is 2. The van der Waals surface area contributed by atoms with Crippen molar-refractivity contribution in [1.29, 1.82) is 0 Å². The zero-order valence-electron chi connectivity index (χ0n) is 13.1. The maximum absolute atomic E-state index is 12.9. The van der Waals surface area contributed by atoms with Gasteiger partial charge in [0.25, 0.3) is 0 Å². The average molecular weight is 353 g/mol. The first-order valence-electron chi connectivity index (χ1n) is 7.75. The highest BCUT2D eigenvalue weighted by molar-refractivity contribution is 5.96. The van der Waals surface area contributed by atoms with Gasteiger partial charge in [-0.3, -0.25) is 4.79 Å². The minimum Gasteiger partial charge on any atom is -0.406 e. The number of anilines is 1. The molecule has 0 aromatic heterocycles. The van der Waals surface area contributed by atoms with Crippen molar-refractivity contribution >= 4 is 11.6 Å². The minimum atomic E-state index is -4.75. The molecule has 1 aliphatic heterocycles. The molecule has 1 heterocycles. The van der Waals surface area contributed by atoms with E-state index in [9.17, 15) is 22.4 Å². The van der Waals surface area contributed by atoms with E-state index in [1.807, 2.05) is 0 Å². The highest BCUT2D eigenvalue weighted by atomic mass is 19.4. The molecule has 0 fully saturated rings. The van der Waals surface area contributed by atoms with Crippen LogP contribution in [0.2, 0.25) is 0 Å². The molecule has 0 atom stereocenters. The number of aryl methyl sites for hydroxylation is 1. The maximum atomic E-state index is 12.9. The molecule has 0 radical (unpaired) electrons. The van der Waals surface area contributed by atoms with Crippen LogP contribution in [0.5, 0.6) is 5.75 Å². The number of rotatable bonds is 3. The van der Waals surface area contributed by atoms with Gasteiger partial charge >= 0.3 is 6.36 Å². The standard InChI is InChI=1S/C18H15F4NO2/c19-14-5-3-12(4-6-14)10-17(24)23-9-1-2-13-11-15(7-8-16(13)23)25-18(20,21)22/h3-8,11H,1-2,9-10H2. The zero-order chi connectivity index (χ0) is 18.0. The minimum absolute atomic E-state index is 0.0977. The fraction of sp³-hybridized carbons (Fsp3) is 0.278. The molecule has 0 spiro atoms. The van der Waals surface area contributed by atoms with Gasteiger partial charge in [0.2, 0.25) is 5.91 Å². The van der Waals surface area contributed by atoms with Crippen LogP contribution < -0.4 is 9.64 Å². The van der Waals surface area contributed by atoms with E-state index in [0.717, 1.165) is 0 Å². The lowest BCUT2D eigenvalue weighted by molar-refractivity contribution is -0.274. The first-order valence-corrected chi connectivity index (χ1v) is 7.75. The third kappa shape index (κ3) is 4.29. The monoisotopic (exact) mass is 353 g/mol. The molecule has 0 N–H and O–H groups in total. The molecule has 1 aliphatic rings. The molecular weight excluding hydrogens is 338 g/mol. The molecule has 3 nitrogen and oxygen atoms in total. The van der Waals surface area contributed by atoms with E-state index in [-0.39, 0.29) is 23.9 Å². The Labute approximate surface area is 141 Å². The van der Waals surface area contributed by atoms with E-state index in [1.165, 1.54) is 30.3 Å². The van der Waals surface area contributed by atoms with Gasteiger partial charge in [-0.05, 0) is 54.3 Å². The lowest BCUT2D eigenvalue weighted by Gasteiger charge is -2.30. The summed E-state index contributed by atoms with van der Waals surface area (Å²) in [5.74, 6) is -0.854. The molecule has 2 aromatic rings. The Hall–Kier alpha value is -2.57. The number of carbonyl (C=O) groups is 1. The van der Waals surface area contributed by atoms with Gasteiger partial charge in [-0.15, -0.1) is 13.2 Å². The molecule has 0 bridgehead atoms. The van der Waals surface area contributed by atoms with Crippen molar-refractivity contribution in [2.24, 2.45) is 0 Å². The molecule has 0 unspecified atom stereocenters. The van der Waals surface area contributed by atoms with Crippen molar-refractivity contribution in [2.75, 3.05) is 11.4 Å². The third-order valence-corrected chi connectivity index (χ3v) is 3.97. The van der Waals surface area contributed by atoms with E-state index in [2.05, 4.69) is 4.74 Å². The lowest BCUT2D eigenvalue weighted by atomic mass is 10.0. The van der Waals surface area contributed by atoms with Crippen LogP contribution in [0.1, 0.15) is 17.5 Å². The highest BCUT2D eigenvalue weighted by Gasteiger charge is 2.32. The summed E-state index contributed by atoms with van der Waals surface area (Å²) < 4.78 is 53.9. The predicted molar refractivity (Wildman–Crippen MR) is 83.9 cm³/mol. The Morgan fingerprint density at radius 3 is 2.52 bits per heavy atom. The summed E-state index contributed by atoms with van der Waals surface area (Å²) in [4.78, 5) is 14.1. The molecule has 7 heteroatoms. The van der Waals surface area contributed by atoms with Crippen LogP contribution in [-0.4, -0.2) is 18.8 Å². The summed E-state index contributed by atoms with van der Waals surface area (Å²) in [6.45, 7) is 0.493. The second-order valence-corrected chi connectivity index (χ2v) is 5.79. The van der Waals surface area contributed by atoms with Crippen molar-refractivity contribution in [3.05, 3.63) is 59.4 Å².